The molecule has 1 aliphatic heterocycles. The molecule has 1 aliphatic rings. The highest BCUT2D eigenvalue weighted by Gasteiger charge is 2.09. The van der Waals surface area contributed by atoms with E-state index in [0.29, 0.717) is 5.57 Å². The quantitative estimate of drug-likeness (QED) is 0.320. The van der Waals surface area contributed by atoms with Crippen LogP contribution in [0.25, 0.3) is 0 Å². The van der Waals surface area contributed by atoms with Crippen molar-refractivity contribution < 1.29 is 24.4 Å². The van der Waals surface area contributed by atoms with Gasteiger partial charge in [0.1, 0.15) is 19.4 Å². The lowest BCUT2D eigenvalue weighted by Gasteiger charge is -2.12. The lowest BCUT2D eigenvalue weighted by atomic mass is 10.1. The molecule has 0 radical (unpaired) electrons. The molecule has 1 saturated heterocycles. The molecule has 1 fully saturated rings. The largest absolute Gasteiger partial charge is 0.460 e. The molecule has 0 spiro atoms. The van der Waals surface area contributed by atoms with Gasteiger partial charge in [-0.1, -0.05) is 6.58 Å². The number of amides is 1. The molecule has 106 valence electrons. The highest BCUT2D eigenvalue weighted by atomic mass is 16.5. The smallest absolute Gasteiger partial charge is 0.412 e. The van der Waals surface area contributed by atoms with Crippen molar-refractivity contribution in [3.8, 4) is 0 Å². The second-order valence-electron chi connectivity index (χ2n) is 4.41. The van der Waals surface area contributed by atoms with Gasteiger partial charge in [0.15, 0.2) is 0 Å². The first-order valence-corrected chi connectivity index (χ1v) is 6.36. The maximum absolute atomic E-state index is 11.3. The summed E-state index contributed by atoms with van der Waals surface area (Å²) in [6.07, 6.45) is 3.04. The standard InChI is InChI=1S/C13H20N2O4/c1-10(2)12(16)18-7-6-15-13(17)19-9-11-4-3-5-14-8-11/h9,14H,1,3-8H2,2H3,(H,15,17)/p+1. The van der Waals surface area contributed by atoms with E-state index in [0.717, 1.165) is 31.5 Å². The third kappa shape index (κ3) is 6.61. The first-order valence-electron chi connectivity index (χ1n) is 6.36. The molecule has 0 aromatic carbocycles. The number of alkyl carbamates (subject to hydrolysis) is 1. The fourth-order valence-electron chi connectivity index (χ4n) is 1.57. The summed E-state index contributed by atoms with van der Waals surface area (Å²) >= 11 is 0. The molecule has 19 heavy (non-hydrogen) atoms. The van der Waals surface area contributed by atoms with Gasteiger partial charge in [0.25, 0.3) is 0 Å². The number of esters is 1. The van der Waals surface area contributed by atoms with Gasteiger partial charge in [0.05, 0.1) is 13.1 Å². The van der Waals surface area contributed by atoms with E-state index in [4.69, 9.17) is 9.47 Å². The van der Waals surface area contributed by atoms with Gasteiger partial charge in [-0.05, 0) is 13.3 Å². The highest BCUT2D eigenvalue weighted by Crippen LogP contribution is 2.04. The summed E-state index contributed by atoms with van der Waals surface area (Å²) in [4.78, 5) is 22.4. The predicted octanol–water partition coefficient (Wildman–Crippen LogP) is 0.0730. The predicted molar refractivity (Wildman–Crippen MR) is 69.2 cm³/mol. The Morgan fingerprint density at radius 1 is 1.53 bits per heavy atom. The molecule has 6 heteroatoms. The van der Waals surface area contributed by atoms with Crippen LogP contribution in [-0.2, 0) is 14.3 Å². The molecule has 6 nitrogen and oxygen atoms in total. The van der Waals surface area contributed by atoms with Crippen LogP contribution in [0.4, 0.5) is 4.79 Å². The van der Waals surface area contributed by atoms with Gasteiger partial charge in [-0.3, -0.25) is 0 Å². The Balaban J connectivity index is 2.11. The van der Waals surface area contributed by atoms with Crippen molar-refractivity contribution in [2.45, 2.75) is 19.8 Å². The average Bonchev–Trinajstić information content (AvgIpc) is 2.42. The Bertz CT molecular complexity index is 369. The topological polar surface area (TPSA) is 81.2 Å². The van der Waals surface area contributed by atoms with E-state index >= 15 is 0 Å². The van der Waals surface area contributed by atoms with Crippen molar-refractivity contribution in [2.75, 3.05) is 26.2 Å². The number of carbonyl (C=O) groups excluding carboxylic acids is 2. The summed E-state index contributed by atoms with van der Waals surface area (Å²) in [5.41, 5.74) is 1.45. The Morgan fingerprint density at radius 3 is 2.95 bits per heavy atom. The third-order valence-electron chi connectivity index (χ3n) is 2.60. The summed E-state index contributed by atoms with van der Waals surface area (Å²) in [5, 5.41) is 4.67. The summed E-state index contributed by atoms with van der Waals surface area (Å²) in [6.45, 7) is 7.34. The lowest BCUT2D eigenvalue weighted by Crippen LogP contribution is -2.86. The molecule has 0 saturated carbocycles. The molecule has 0 unspecified atom stereocenters. The Morgan fingerprint density at radius 2 is 2.32 bits per heavy atom. The first-order chi connectivity index (χ1) is 9.09. The molecule has 3 N–H and O–H groups in total. The van der Waals surface area contributed by atoms with Crippen molar-refractivity contribution in [1.29, 1.82) is 0 Å². The van der Waals surface area contributed by atoms with Gasteiger partial charge in [-0.15, -0.1) is 0 Å². The molecule has 0 aromatic rings. The number of nitrogens with one attached hydrogen (secondary N) is 1. The van der Waals surface area contributed by atoms with Crippen LogP contribution in [0, 0.1) is 0 Å². The molecule has 0 aromatic heterocycles. The second-order valence-corrected chi connectivity index (χ2v) is 4.41. The van der Waals surface area contributed by atoms with Gasteiger partial charge in [-0.25, -0.2) is 9.59 Å². The van der Waals surface area contributed by atoms with Crippen LogP contribution in [0.2, 0.25) is 0 Å². The van der Waals surface area contributed by atoms with Crippen molar-refractivity contribution >= 4 is 12.1 Å². The van der Waals surface area contributed by atoms with Crippen LogP contribution in [0.15, 0.2) is 24.0 Å². The van der Waals surface area contributed by atoms with Gasteiger partial charge in [-0.2, -0.15) is 0 Å². The maximum atomic E-state index is 11.3. The van der Waals surface area contributed by atoms with Crippen LogP contribution >= 0.6 is 0 Å². The first kappa shape index (κ1) is 15.2. The summed E-state index contributed by atoms with van der Waals surface area (Å²) < 4.78 is 9.77. The van der Waals surface area contributed by atoms with E-state index < -0.39 is 12.1 Å². The molecule has 0 bridgehead atoms. The molecule has 1 heterocycles. The Kier molecular flexibility index (Phi) is 6.67. The van der Waals surface area contributed by atoms with E-state index in [1.807, 2.05) is 0 Å². The normalized spacial score (nSPS) is 16.8. The zero-order valence-electron chi connectivity index (χ0n) is 11.2. The number of nitrogens with two attached hydrogens (primary N) is 1. The number of quaternary nitrogens is 1. The van der Waals surface area contributed by atoms with Crippen molar-refractivity contribution in [2.24, 2.45) is 0 Å². The Labute approximate surface area is 112 Å². The zero-order valence-corrected chi connectivity index (χ0v) is 11.2. The van der Waals surface area contributed by atoms with Crippen LogP contribution in [0.1, 0.15) is 19.8 Å². The minimum Gasteiger partial charge on any atom is -0.460 e. The van der Waals surface area contributed by atoms with E-state index in [2.05, 4.69) is 17.2 Å². The maximum Gasteiger partial charge on any atom is 0.412 e. The molecule has 0 aliphatic carbocycles. The molecular weight excluding hydrogens is 248 g/mol. The van der Waals surface area contributed by atoms with Crippen LogP contribution in [-0.4, -0.2) is 38.3 Å². The van der Waals surface area contributed by atoms with Gasteiger partial charge in [0.2, 0.25) is 0 Å². The van der Waals surface area contributed by atoms with Crippen molar-refractivity contribution in [1.82, 2.24) is 5.32 Å². The number of rotatable bonds is 5. The summed E-state index contributed by atoms with van der Waals surface area (Å²) in [5.74, 6) is -0.463. The number of piperidine rings is 1. The fraction of sp³-hybridized carbons (Fsp3) is 0.538. The van der Waals surface area contributed by atoms with Crippen LogP contribution < -0.4 is 10.6 Å². The van der Waals surface area contributed by atoms with Gasteiger partial charge >= 0.3 is 12.1 Å². The van der Waals surface area contributed by atoms with E-state index in [-0.39, 0.29) is 13.2 Å². The van der Waals surface area contributed by atoms with Crippen molar-refractivity contribution in [3.05, 3.63) is 24.0 Å². The second kappa shape index (κ2) is 8.31. The van der Waals surface area contributed by atoms with Crippen molar-refractivity contribution in [3.63, 3.8) is 0 Å². The van der Waals surface area contributed by atoms with E-state index in [1.54, 1.807) is 6.92 Å². The third-order valence-corrected chi connectivity index (χ3v) is 2.60. The monoisotopic (exact) mass is 269 g/mol. The minimum atomic E-state index is -0.538. The van der Waals surface area contributed by atoms with E-state index in [9.17, 15) is 9.59 Å². The van der Waals surface area contributed by atoms with Gasteiger partial charge in [0, 0.05) is 17.6 Å². The molecule has 0 atom stereocenters. The number of hydrogen-bond donors (Lipinski definition) is 2. The number of carbonyl (C=O) groups is 2. The molecule has 1 amide bonds. The minimum absolute atomic E-state index is 0.102. The number of hydrogen-bond acceptors (Lipinski definition) is 4. The number of ether oxygens (including phenoxy) is 2. The van der Waals surface area contributed by atoms with Crippen LogP contribution in [0.5, 0.6) is 0 Å². The summed E-state index contributed by atoms with van der Waals surface area (Å²) in [6, 6.07) is 0. The Hall–Kier alpha value is -1.82. The van der Waals surface area contributed by atoms with Crippen LogP contribution in [0.3, 0.4) is 0 Å². The SMILES string of the molecule is C=C(C)C(=O)OCCNC(=O)OC=C1CCC[NH2+]C1. The van der Waals surface area contributed by atoms with Gasteiger partial charge < -0.3 is 20.1 Å². The summed E-state index contributed by atoms with van der Waals surface area (Å²) in [7, 11) is 0. The molecular formula is C13H21N2O4+. The molecule has 1 rings (SSSR count). The van der Waals surface area contributed by atoms with E-state index in [1.165, 1.54) is 6.26 Å². The fourth-order valence-corrected chi connectivity index (χ4v) is 1.57. The lowest BCUT2D eigenvalue weighted by molar-refractivity contribution is -0.653. The zero-order chi connectivity index (χ0) is 14.1. The average molecular weight is 269 g/mol. The highest BCUT2D eigenvalue weighted by molar-refractivity contribution is 5.86.